The molecule has 94 valence electrons. The Bertz CT molecular complexity index is 471. The van der Waals surface area contributed by atoms with Crippen LogP contribution in [0.2, 0.25) is 0 Å². The molecule has 0 aliphatic heterocycles. The third-order valence-electron chi connectivity index (χ3n) is 2.99. The van der Waals surface area contributed by atoms with E-state index in [0.717, 1.165) is 17.5 Å². The summed E-state index contributed by atoms with van der Waals surface area (Å²) in [5.74, 6) is -0.0382. The standard InChI is InChI=1S/C16H18O2/c1-2-3-9-15(13-7-5-4-6-8-13)16(17)14-10-11-18-12-14/h3-12,15-17H,2H2,1H3/b9-3-/t15-,16-/m0/s1. The minimum atomic E-state index is -0.575. The van der Waals surface area contributed by atoms with Crippen molar-refractivity contribution in [3.05, 3.63) is 72.2 Å². The summed E-state index contributed by atoms with van der Waals surface area (Å²) in [6.07, 6.45) is 7.72. The van der Waals surface area contributed by atoms with Crippen molar-refractivity contribution in [1.82, 2.24) is 0 Å². The Hall–Kier alpha value is -1.80. The molecule has 2 atom stereocenters. The Morgan fingerprint density at radius 2 is 1.94 bits per heavy atom. The fourth-order valence-corrected chi connectivity index (χ4v) is 2.01. The van der Waals surface area contributed by atoms with Crippen LogP contribution in [0.5, 0.6) is 0 Å². The average Bonchev–Trinajstić information content (AvgIpc) is 2.94. The van der Waals surface area contributed by atoms with Crippen LogP contribution in [0.3, 0.4) is 0 Å². The molecule has 1 aromatic carbocycles. The number of benzene rings is 1. The van der Waals surface area contributed by atoms with Gasteiger partial charge in [0.2, 0.25) is 0 Å². The number of rotatable bonds is 5. The van der Waals surface area contributed by atoms with Crippen LogP contribution in [-0.2, 0) is 0 Å². The van der Waals surface area contributed by atoms with Crippen LogP contribution in [0.1, 0.15) is 36.5 Å². The molecule has 0 unspecified atom stereocenters. The number of allylic oxidation sites excluding steroid dienone is 1. The first-order valence-corrected chi connectivity index (χ1v) is 6.24. The molecule has 0 spiro atoms. The van der Waals surface area contributed by atoms with E-state index < -0.39 is 6.10 Å². The van der Waals surface area contributed by atoms with Crippen molar-refractivity contribution in [3.8, 4) is 0 Å². The Morgan fingerprint density at radius 3 is 2.56 bits per heavy atom. The largest absolute Gasteiger partial charge is 0.472 e. The molecule has 2 heteroatoms. The van der Waals surface area contributed by atoms with Crippen LogP contribution in [0.4, 0.5) is 0 Å². The summed E-state index contributed by atoms with van der Waals surface area (Å²) < 4.78 is 5.04. The fraction of sp³-hybridized carbons (Fsp3) is 0.250. The lowest BCUT2D eigenvalue weighted by atomic mass is 9.90. The molecule has 0 aliphatic rings. The third kappa shape index (κ3) is 2.90. The predicted molar refractivity (Wildman–Crippen MR) is 72.3 cm³/mol. The highest BCUT2D eigenvalue weighted by molar-refractivity contribution is 5.28. The molecule has 1 N–H and O–H groups in total. The molecule has 2 aromatic rings. The molecule has 2 nitrogen and oxygen atoms in total. The molecular formula is C16H18O2. The van der Waals surface area contributed by atoms with Gasteiger partial charge in [-0.1, -0.05) is 49.4 Å². The third-order valence-corrected chi connectivity index (χ3v) is 2.99. The van der Waals surface area contributed by atoms with Gasteiger partial charge in [-0.05, 0) is 18.1 Å². The maximum Gasteiger partial charge on any atom is 0.0960 e. The van der Waals surface area contributed by atoms with Gasteiger partial charge in [0, 0.05) is 11.5 Å². The van der Waals surface area contributed by atoms with Crippen molar-refractivity contribution in [3.63, 3.8) is 0 Å². The number of aliphatic hydroxyl groups excluding tert-OH is 1. The first-order valence-electron chi connectivity index (χ1n) is 6.24. The van der Waals surface area contributed by atoms with Crippen molar-refractivity contribution < 1.29 is 9.52 Å². The number of aliphatic hydroxyl groups is 1. The van der Waals surface area contributed by atoms with Gasteiger partial charge in [0.25, 0.3) is 0 Å². The van der Waals surface area contributed by atoms with Gasteiger partial charge in [-0.15, -0.1) is 0 Å². The average molecular weight is 242 g/mol. The highest BCUT2D eigenvalue weighted by Crippen LogP contribution is 2.32. The summed E-state index contributed by atoms with van der Waals surface area (Å²) in [7, 11) is 0. The first-order chi connectivity index (χ1) is 8.83. The zero-order valence-corrected chi connectivity index (χ0v) is 10.5. The van der Waals surface area contributed by atoms with Crippen LogP contribution < -0.4 is 0 Å². The van der Waals surface area contributed by atoms with Gasteiger partial charge in [-0.2, -0.15) is 0 Å². The topological polar surface area (TPSA) is 33.4 Å². The minimum absolute atomic E-state index is 0.0382. The van der Waals surface area contributed by atoms with Crippen molar-refractivity contribution in [2.45, 2.75) is 25.4 Å². The van der Waals surface area contributed by atoms with E-state index in [-0.39, 0.29) is 5.92 Å². The van der Waals surface area contributed by atoms with Crippen LogP contribution in [0.25, 0.3) is 0 Å². The van der Waals surface area contributed by atoms with Gasteiger partial charge in [0.15, 0.2) is 0 Å². The van der Waals surface area contributed by atoms with Gasteiger partial charge < -0.3 is 9.52 Å². The molecule has 2 rings (SSSR count). The maximum atomic E-state index is 10.4. The molecule has 0 saturated heterocycles. The second-order valence-corrected chi connectivity index (χ2v) is 4.27. The van der Waals surface area contributed by atoms with E-state index in [2.05, 4.69) is 19.1 Å². The Labute approximate surface area is 108 Å². The SMILES string of the molecule is CC/C=C\[C@@H](c1ccccc1)[C@@H](O)c1ccoc1. The van der Waals surface area contributed by atoms with Gasteiger partial charge in [-0.25, -0.2) is 0 Å². The monoisotopic (exact) mass is 242 g/mol. The lowest BCUT2D eigenvalue weighted by Gasteiger charge is -2.19. The molecule has 1 aromatic heterocycles. The second kappa shape index (κ2) is 6.22. The van der Waals surface area contributed by atoms with E-state index in [1.54, 1.807) is 18.6 Å². The van der Waals surface area contributed by atoms with E-state index in [1.807, 2.05) is 30.3 Å². The summed E-state index contributed by atoms with van der Waals surface area (Å²) in [6, 6.07) is 11.8. The summed E-state index contributed by atoms with van der Waals surface area (Å²) in [6.45, 7) is 2.09. The van der Waals surface area contributed by atoms with Gasteiger partial charge in [-0.3, -0.25) is 0 Å². The van der Waals surface area contributed by atoms with Crippen LogP contribution in [0.15, 0.2) is 65.5 Å². The normalized spacial score (nSPS) is 14.8. The quantitative estimate of drug-likeness (QED) is 0.802. The Balaban J connectivity index is 2.28. The fourth-order valence-electron chi connectivity index (χ4n) is 2.01. The van der Waals surface area contributed by atoms with Crippen molar-refractivity contribution in [1.29, 1.82) is 0 Å². The van der Waals surface area contributed by atoms with E-state index in [9.17, 15) is 5.11 Å². The molecule has 18 heavy (non-hydrogen) atoms. The van der Waals surface area contributed by atoms with Crippen molar-refractivity contribution in [2.75, 3.05) is 0 Å². The summed E-state index contributed by atoms with van der Waals surface area (Å²) >= 11 is 0. The summed E-state index contributed by atoms with van der Waals surface area (Å²) in [5, 5.41) is 10.4. The lowest BCUT2D eigenvalue weighted by Crippen LogP contribution is -2.08. The van der Waals surface area contributed by atoms with Crippen LogP contribution >= 0.6 is 0 Å². The zero-order valence-electron chi connectivity index (χ0n) is 10.5. The number of furan rings is 1. The van der Waals surface area contributed by atoms with Crippen LogP contribution in [0, 0.1) is 0 Å². The molecule has 0 aliphatic carbocycles. The predicted octanol–water partition coefficient (Wildman–Crippen LogP) is 4.06. The van der Waals surface area contributed by atoms with Crippen LogP contribution in [-0.4, -0.2) is 5.11 Å². The molecule has 1 heterocycles. The first kappa shape index (κ1) is 12.7. The van der Waals surface area contributed by atoms with Gasteiger partial charge in [0.1, 0.15) is 0 Å². The van der Waals surface area contributed by atoms with E-state index in [1.165, 1.54) is 0 Å². The van der Waals surface area contributed by atoms with E-state index in [4.69, 9.17) is 4.42 Å². The van der Waals surface area contributed by atoms with E-state index in [0.29, 0.717) is 0 Å². The Morgan fingerprint density at radius 1 is 1.17 bits per heavy atom. The van der Waals surface area contributed by atoms with Crippen molar-refractivity contribution >= 4 is 0 Å². The smallest absolute Gasteiger partial charge is 0.0960 e. The Kier molecular flexibility index (Phi) is 4.37. The summed E-state index contributed by atoms with van der Waals surface area (Å²) in [4.78, 5) is 0. The molecule has 0 fully saturated rings. The highest BCUT2D eigenvalue weighted by Gasteiger charge is 2.20. The molecule has 0 bridgehead atoms. The van der Waals surface area contributed by atoms with Crippen molar-refractivity contribution in [2.24, 2.45) is 0 Å². The molecule has 0 amide bonds. The highest BCUT2D eigenvalue weighted by atomic mass is 16.3. The minimum Gasteiger partial charge on any atom is -0.472 e. The molecular weight excluding hydrogens is 224 g/mol. The van der Waals surface area contributed by atoms with Gasteiger partial charge in [0.05, 0.1) is 18.6 Å². The maximum absolute atomic E-state index is 10.4. The number of hydrogen-bond acceptors (Lipinski definition) is 2. The second-order valence-electron chi connectivity index (χ2n) is 4.27. The molecule has 0 saturated carbocycles. The number of hydrogen-bond donors (Lipinski definition) is 1. The van der Waals surface area contributed by atoms with E-state index >= 15 is 0 Å². The zero-order chi connectivity index (χ0) is 12.8. The van der Waals surface area contributed by atoms with Gasteiger partial charge >= 0.3 is 0 Å². The molecule has 0 radical (unpaired) electrons. The summed E-state index contributed by atoms with van der Waals surface area (Å²) in [5.41, 5.74) is 1.92. The lowest BCUT2D eigenvalue weighted by molar-refractivity contribution is 0.161.